The number of benzene rings is 1. The van der Waals surface area contributed by atoms with Gasteiger partial charge in [0.25, 0.3) is 0 Å². The van der Waals surface area contributed by atoms with Gasteiger partial charge in [-0.15, -0.1) is 0 Å². The molecule has 0 bridgehead atoms. The molecule has 0 saturated carbocycles. The lowest BCUT2D eigenvalue weighted by Crippen LogP contribution is -2.48. The Kier molecular flexibility index (Phi) is 3.69. The van der Waals surface area contributed by atoms with Crippen molar-refractivity contribution >= 4 is 0 Å². The fourth-order valence-electron chi connectivity index (χ4n) is 2.90. The zero-order valence-electron chi connectivity index (χ0n) is 10.4. The van der Waals surface area contributed by atoms with E-state index in [1.54, 1.807) is 0 Å². The Bertz CT molecular complexity index is 380. The third-order valence-corrected chi connectivity index (χ3v) is 3.94. The Labute approximate surface area is 103 Å². The van der Waals surface area contributed by atoms with E-state index in [-0.39, 0.29) is 18.1 Å². The number of hydrogen-bond donors (Lipinski definition) is 2. The van der Waals surface area contributed by atoms with Crippen molar-refractivity contribution in [3.8, 4) is 5.75 Å². The summed E-state index contributed by atoms with van der Waals surface area (Å²) in [6.07, 6.45) is 2.51. The summed E-state index contributed by atoms with van der Waals surface area (Å²) in [6.45, 7) is 2.95. The Morgan fingerprint density at radius 2 is 2.24 bits per heavy atom. The van der Waals surface area contributed by atoms with Crippen molar-refractivity contribution in [3.63, 3.8) is 0 Å². The summed E-state index contributed by atoms with van der Waals surface area (Å²) in [5, 5.41) is 9.36. The topological polar surface area (TPSA) is 55.5 Å². The third kappa shape index (κ3) is 2.05. The Morgan fingerprint density at radius 3 is 2.94 bits per heavy atom. The average Bonchev–Trinajstić information content (AvgIpc) is 2.38. The van der Waals surface area contributed by atoms with E-state index in [1.807, 2.05) is 18.2 Å². The smallest absolute Gasteiger partial charge is 0.123 e. The summed E-state index contributed by atoms with van der Waals surface area (Å²) in [5.74, 6) is 0.927. The second-order valence-electron chi connectivity index (χ2n) is 4.74. The van der Waals surface area contributed by atoms with Gasteiger partial charge in [0.15, 0.2) is 0 Å². The van der Waals surface area contributed by atoms with Gasteiger partial charge in [0, 0.05) is 23.6 Å². The highest BCUT2D eigenvalue weighted by molar-refractivity contribution is 5.42. The van der Waals surface area contributed by atoms with Crippen LogP contribution in [0.15, 0.2) is 24.3 Å². The Hall–Kier alpha value is -1.06. The summed E-state index contributed by atoms with van der Waals surface area (Å²) in [4.78, 5) is 0. The molecule has 0 fully saturated rings. The van der Waals surface area contributed by atoms with E-state index in [1.165, 1.54) is 0 Å². The van der Waals surface area contributed by atoms with Gasteiger partial charge in [-0.3, -0.25) is 0 Å². The van der Waals surface area contributed by atoms with Crippen LogP contribution in [0.3, 0.4) is 0 Å². The molecule has 1 aromatic rings. The first kappa shape index (κ1) is 12.4. The molecule has 17 heavy (non-hydrogen) atoms. The molecule has 2 rings (SSSR count). The van der Waals surface area contributed by atoms with E-state index in [2.05, 4.69) is 13.0 Å². The SMILES string of the molecule is CCC(N)C1(CCO)CCOc2ccccc21. The minimum atomic E-state index is -0.127. The van der Waals surface area contributed by atoms with Gasteiger partial charge in [-0.25, -0.2) is 0 Å². The molecule has 3 nitrogen and oxygen atoms in total. The van der Waals surface area contributed by atoms with Crippen molar-refractivity contribution in [2.75, 3.05) is 13.2 Å². The number of para-hydroxylation sites is 1. The lowest BCUT2D eigenvalue weighted by molar-refractivity contribution is 0.148. The summed E-state index contributed by atoms with van der Waals surface area (Å²) in [5.41, 5.74) is 7.35. The van der Waals surface area contributed by atoms with Crippen molar-refractivity contribution < 1.29 is 9.84 Å². The van der Waals surface area contributed by atoms with Gasteiger partial charge in [-0.05, 0) is 25.3 Å². The maximum atomic E-state index is 9.36. The lowest BCUT2D eigenvalue weighted by Gasteiger charge is -2.42. The maximum absolute atomic E-state index is 9.36. The van der Waals surface area contributed by atoms with Crippen LogP contribution in [0.4, 0.5) is 0 Å². The van der Waals surface area contributed by atoms with Gasteiger partial charge in [-0.1, -0.05) is 25.1 Å². The van der Waals surface area contributed by atoms with Crippen LogP contribution in [-0.4, -0.2) is 24.4 Å². The van der Waals surface area contributed by atoms with E-state index in [0.717, 1.165) is 24.2 Å². The number of aliphatic hydroxyl groups is 1. The van der Waals surface area contributed by atoms with Gasteiger partial charge < -0.3 is 15.6 Å². The molecule has 0 radical (unpaired) electrons. The van der Waals surface area contributed by atoms with E-state index < -0.39 is 0 Å². The molecule has 3 heteroatoms. The number of fused-ring (bicyclic) bond motifs is 1. The summed E-state index contributed by atoms with van der Waals surface area (Å²) >= 11 is 0. The second-order valence-corrected chi connectivity index (χ2v) is 4.74. The second kappa shape index (κ2) is 5.07. The molecule has 1 aliphatic heterocycles. The largest absolute Gasteiger partial charge is 0.493 e. The van der Waals surface area contributed by atoms with Crippen LogP contribution in [-0.2, 0) is 5.41 Å². The van der Waals surface area contributed by atoms with Crippen LogP contribution in [0.25, 0.3) is 0 Å². The fourth-order valence-corrected chi connectivity index (χ4v) is 2.90. The van der Waals surface area contributed by atoms with Gasteiger partial charge in [0.1, 0.15) is 5.75 Å². The minimum absolute atomic E-state index is 0.0692. The molecule has 2 atom stereocenters. The third-order valence-electron chi connectivity index (χ3n) is 3.94. The maximum Gasteiger partial charge on any atom is 0.123 e. The lowest BCUT2D eigenvalue weighted by atomic mass is 9.68. The highest BCUT2D eigenvalue weighted by Gasteiger charge is 2.41. The molecular weight excluding hydrogens is 214 g/mol. The minimum Gasteiger partial charge on any atom is -0.493 e. The highest BCUT2D eigenvalue weighted by Crippen LogP contribution is 2.43. The summed E-state index contributed by atoms with van der Waals surface area (Å²) in [7, 11) is 0. The van der Waals surface area contributed by atoms with Crippen LogP contribution >= 0.6 is 0 Å². The van der Waals surface area contributed by atoms with Gasteiger partial charge in [0.05, 0.1) is 6.61 Å². The van der Waals surface area contributed by atoms with Crippen molar-refractivity contribution in [2.24, 2.45) is 5.73 Å². The van der Waals surface area contributed by atoms with E-state index in [9.17, 15) is 5.11 Å². The van der Waals surface area contributed by atoms with E-state index in [4.69, 9.17) is 10.5 Å². The van der Waals surface area contributed by atoms with Gasteiger partial charge >= 0.3 is 0 Å². The molecule has 1 aromatic carbocycles. The number of ether oxygens (including phenoxy) is 1. The van der Waals surface area contributed by atoms with Crippen LogP contribution in [0.1, 0.15) is 31.7 Å². The standard InChI is InChI=1S/C14H21NO2/c1-2-13(15)14(7-9-16)8-10-17-12-6-4-3-5-11(12)14/h3-6,13,16H,2,7-10,15H2,1H3. The molecule has 0 amide bonds. The summed E-state index contributed by atoms with van der Waals surface area (Å²) in [6, 6.07) is 8.13. The van der Waals surface area contributed by atoms with Gasteiger partial charge in [-0.2, -0.15) is 0 Å². The van der Waals surface area contributed by atoms with Gasteiger partial charge in [0.2, 0.25) is 0 Å². The molecule has 2 unspecified atom stereocenters. The van der Waals surface area contributed by atoms with E-state index >= 15 is 0 Å². The van der Waals surface area contributed by atoms with Crippen LogP contribution in [0, 0.1) is 0 Å². The quantitative estimate of drug-likeness (QED) is 0.837. The molecule has 0 spiro atoms. The summed E-state index contributed by atoms with van der Waals surface area (Å²) < 4.78 is 5.68. The Morgan fingerprint density at radius 1 is 1.47 bits per heavy atom. The molecule has 0 aromatic heterocycles. The molecule has 1 heterocycles. The van der Waals surface area contributed by atoms with E-state index in [0.29, 0.717) is 13.0 Å². The highest BCUT2D eigenvalue weighted by atomic mass is 16.5. The number of rotatable bonds is 4. The molecule has 0 aliphatic carbocycles. The Balaban J connectivity index is 2.47. The van der Waals surface area contributed by atoms with Crippen LogP contribution < -0.4 is 10.5 Å². The first-order valence-corrected chi connectivity index (χ1v) is 6.33. The van der Waals surface area contributed by atoms with Crippen LogP contribution in [0.2, 0.25) is 0 Å². The zero-order chi connectivity index (χ0) is 12.3. The molecule has 3 N–H and O–H groups in total. The van der Waals surface area contributed by atoms with Crippen molar-refractivity contribution in [2.45, 2.75) is 37.6 Å². The van der Waals surface area contributed by atoms with Crippen molar-refractivity contribution in [1.82, 2.24) is 0 Å². The number of nitrogens with two attached hydrogens (primary N) is 1. The molecule has 0 saturated heterocycles. The zero-order valence-corrected chi connectivity index (χ0v) is 10.4. The first-order valence-electron chi connectivity index (χ1n) is 6.33. The molecule has 1 aliphatic rings. The number of aliphatic hydroxyl groups excluding tert-OH is 1. The predicted octanol–water partition coefficient (Wildman–Crippen LogP) is 1.83. The molecular formula is C14H21NO2. The predicted molar refractivity (Wildman–Crippen MR) is 68.2 cm³/mol. The number of hydrogen-bond acceptors (Lipinski definition) is 3. The first-order chi connectivity index (χ1) is 8.24. The fraction of sp³-hybridized carbons (Fsp3) is 0.571. The monoisotopic (exact) mass is 235 g/mol. The average molecular weight is 235 g/mol. The van der Waals surface area contributed by atoms with Crippen molar-refractivity contribution in [3.05, 3.63) is 29.8 Å². The van der Waals surface area contributed by atoms with Crippen molar-refractivity contribution in [1.29, 1.82) is 0 Å². The normalized spacial score (nSPS) is 24.9. The van der Waals surface area contributed by atoms with Crippen LogP contribution in [0.5, 0.6) is 5.75 Å². The molecule has 94 valence electrons.